The summed E-state index contributed by atoms with van der Waals surface area (Å²) in [6, 6.07) is 6.38. The summed E-state index contributed by atoms with van der Waals surface area (Å²) in [6.07, 6.45) is 2.28. The van der Waals surface area contributed by atoms with Gasteiger partial charge in [0.05, 0.1) is 12.6 Å². The molecule has 0 aliphatic carbocycles. The quantitative estimate of drug-likeness (QED) is 0.749. The Labute approximate surface area is 98.8 Å². The van der Waals surface area contributed by atoms with Crippen LogP contribution in [0.1, 0.15) is 42.5 Å². The van der Waals surface area contributed by atoms with Crippen molar-refractivity contribution in [1.82, 2.24) is 0 Å². The maximum Gasteiger partial charge on any atom is 0.0659 e. The molecule has 0 radical (unpaired) electrons. The first-order chi connectivity index (χ1) is 7.65. The van der Waals surface area contributed by atoms with E-state index in [2.05, 4.69) is 39.0 Å². The molecule has 1 unspecified atom stereocenters. The fourth-order valence-corrected chi connectivity index (χ4v) is 1.79. The third-order valence-electron chi connectivity index (χ3n) is 2.76. The van der Waals surface area contributed by atoms with Gasteiger partial charge in [0.25, 0.3) is 0 Å². The zero-order valence-corrected chi connectivity index (χ0v) is 10.6. The monoisotopic (exact) mass is 221 g/mol. The molecule has 0 aliphatic rings. The van der Waals surface area contributed by atoms with E-state index in [0.29, 0.717) is 6.61 Å². The Bertz CT molecular complexity index is 323. The Balaban J connectivity index is 2.49. The van der Waals surface area contributed by atoms with E-state index in [1.54, 1.807) is 0 Å². The average Bonchev–Trinajstić information content (AvgIpc) is 2.24. The van der Waals surface area contributed by atoms with Gasteiger partial charge in [-0.2, -0.15) is 0 Å². The molecule has 0 saturated heterocycles. The lowest BCUT2D eigenvalue weighted by Crippen LogP contribution is -2.18. The highest BCUT2D eigenvalue weighted by atomic mass is 16.5. The van der Waals surface area contributed by atoms with E-state index in [1.807, 2.05) is 0 Å². The number of hydrogen-bond acceptors (Lipinski definition) is 2. The van der Waals surface area contributed by atoms with E-state index in [1.165, 1.54) is 23.1 Å². The van der Waals surface area contributed by atoms with Crippen molar-refractivity contribution < 1.29 is 4.74 Å². The molecule has 2 nitrogen and oxygen atoms in total. The summed E-state index contributed by atoms with van der Waals surface area (Å²) in [6.45, 7) is 7.79. The van der Waals surface area contributed by atoms with Crippen molar-refractivity contribution >= 4 is 0 Å². The van der Waals surface area contributed by atoms with E-state index in [0.717, 1.165) is 13.0 Å². The molecule has 1 aromatic carbocycles. The molecule has 0 bridgehead atoms. The molecular weight excluding hydrogens is 198 g/mol. The van der Waals surface area contributed by atoms with Crippen molar-refractivity contribution in [3.63, 3.8) is 0 Å². The smallest absolute Gasteiger partial charge is 0.0659 e. The number of benzene rings is 1. The number of ether oxygens (including phenoxy) is 1. The molecule has 2 heteroatoms. The standard InChI is InChI=1S/C14H23NO/c1-4-5-8-16-10-14(15)13-7-6-11(2)9-12(13)3/h6-7,9,14H,4-5,8,10,15H2,1-3H3. The zero-order chi connectivity index (χ0) is 12.0. The van der Waals surface area contributed by atoms with Gasteiger partial charge in [-0.3, -0.25) is 0 Å². The summed E-state index contributed by atoms with van der Waals surface area (Å²) in [5, 5.41) is 0. The van der Waals surface area contributed by atoms with Crippen LogP contribution in [0.2, 0.25) is 0 Å². The van der Waals surface area contributed by atoms with Crippen LogP contribution in [-0.2, 0) is 4.74 Å². The van der Waals surface area contributed by atoms with Crippen molar-refractivity contribution in [1.29, 1.82) is 0 Å². The minimum absolute atomic E-state index is 0.00236. The van der Waals surface area contributed by atoms with Gasteiger partial charge in [-0.25, -0.2) is 0 Å². The van der Waals surface area contributed by atoms with Crippen molar-refractivity contribution in [3.8, 4) is 0 Å². The molecule has 90 valence electrons. The van der Waals surface area contributed by atoms with E-state index in [-0.39, 0.29) is 6.04 Å². The highest BCUT2D eigenvalue weighted by Gasteiger charge is 2.08. The van der Waals surface area contributed by atoms with Crippen LogP contribution in [0, 0.1) is 13.8 Å². The largest absolute Gasteiger partial charge is 0.379 e. The number of unbranched alkanes of at least 4 members (excludes halogenated alkanes) is 1. The lowest BCUT2D eigenvalue weighted by Gasteiger charge is -2.15. The molecule has 0 spiro atoms. The van der Waals surface area contributed by atoms with E-state index >= 15 is 0 Å². The number of hydrogen-bond donors (Lipinski definition) is 1. The summed E-state index contributed by atoms with van der Waals surface area (Å²) in [5.74, 6) is 0. The summed E-state index contributed by atoms with van der Waals surface area (Å²) in [4.78, 5) is 0. The molecule has 0 aliphatic heterocycles. The molecule has 1 atom stereocenters. The van der Waals surface area contributed by atoms with Crippen molar-refractivity contribution in [2.24, 2.45) is 5.73 Å². The highest BCUT2D eigenvalue weighted by molar-refractivity contribution is 5.32. The predicted molar refractivity (Wildman–Crippen MR) is 68.6 cm³/mol. The van der Waals surface area contributed by atoms with Gasteiger partial charge in [-0.1, -0.05) is 37.1 Å². The minimum atomic E-state index is -0.00236. The topological polar surface area (TPSA) is 35.2 Å². The second-order valence-corrected chi connectivity index (χ2v) is 4.40. The second kappa shape index (κ2) is 6.66. The Morgan fingerprint density at radius 2 is 2.06 bits per heavy atom. The number of aryl methyl sites for hydroxylation is 2. The molecule has 0 heterocycles. The minimum Gasteiger partial charge on any atom is -0.379 e. The Hall–Kier alpha value is -0.860. The Kier molecular flexibility index (Phi) is 5.50. The third-order valence-corrected chi connectivity index (χ3v) is 2.76. The molecular formula is C14H23NO. The van der Waals surface area contributed by atoms with Gasteiger partial charge >= 0.3 is 0 Å². The van der Waals surface area contributed by atoms with Crippen LogP contribution in [0.15, 0.2) is 18.2 Å². The van der Waals surface area contributed by atoms with Crippen LogP contribution in [0.5, 0.6) is 0 Å². The number of rotatable bonds is 6. The van der Waals surface area contributed by atoms with Crippen molar-refractivity contribution in [3.05, 3.63) is 34.9 Å². The van der Waals surface area contributed by atoms with Crippen LogP contribution in [0.25, 0.3) is 0 Å². The van der Waals surface area contributed by atoms with Crippen LogP contribution in [0.4, 0.5) is 0 Å². The summed E-state index contributed by atoms with van der Waals surface area (Å²) in [7, 11) is 0. The Morgan fingerprint density at radius 1 is 1.31 bits per heavy atom. The van der Waals surface area contributed by atoms with Crippen LogP contribution in [-0.4, -0.2) is 13.2 Å². The van der Waals surface area contributed by atoms with Gasteiger partial charge in [0.2, 0.25) is 0 Å². The second-order valence-electron chi connectivity index (χ2n) is 4.40. The summed E-state index contributed by atoms with van der Waals surface area (Å²) >= 11 is 0. The van der Waals surface area contributed by atoms with E-state index < -0.39 is 0 Å². The fourth-order valence-electron chi connectivity index (χ4n) is 1.79. The molecule has 1 aromatic rings. The SMILES string of the molecule is CCCCOCC(N)c1ccc(C)cc1C. The highest BCUT2D eigenvalue weighted by Crippen LogP contribution is 2.17. The first kappa shape index (κ1) is 13.2. The lowest BCUT2D eigenvalue weighted by molar-refractivity contribution is 0.118. The van der Waals surface area contributed by atoms with E-state index in [4.69, 9.17) is 10.5 Å². The predicted octanol–water partition coefficient (Wildman–Crippen LogP) is 3.12. The maximum atomic E-state index is 6.10. The average molecular weight is 221 g/mol. The van der Waals surface area contributed by atoms with Gasteiger partial charge in [0.15, 0.2) is 0 Å². The maximum absolute atomic E-state index is 6.10. The molecule has 0 amide bonds. The van der Waals surface area contributed by atoms with Gasteiger partial charge in [0.1, 0.15) is 0 Å². The first-order valence-corrected chi connectivity index (χ1v) is 6.05. The van der Waals surface area contributed by atoms with Gasteiger partial charge in [0, 0.05) is 6.61 Å². The lowest BCUT2D eigenvalue weighted by atomic mass is 10.0. The zero-order valence-electron chi connectivity index (χ0n) is 10.6. The van der Waals surface area contributed by atoms with Crippen molar-refractivity contribution in [2.75, 3.05) is 13.2 Å². The first-order valence-electron chi connectivity index (χ1n) is 6.05. The van der Waals surface area contributed by atoms with Crippen LogP contribution >= 0.6 is 0 Å². The summed E-state index contributed by atoms with van der Waals surface area (Å²) in [5.41, 5.74) is 9.83. The molecule has 0 saturated carbocycles. The normalized spacial score (nSPS) is 12.8. The van der Waals surface area contributed by atoms with Crippen molar-refractivity contribution in [2.45, 2.75) is 39.7 Å². The van der Waals surface area contributed by atoms with Gasteiger partial charge < -0.3 is 10.5 Å². The molecule has 0 fully saturated rings. The van der Waals surface area contributed by atoms with Gasteiger partial charge in [-0.15, -0.1) is 0 Å². The molecule has 2 N–H and O–H groups in total. The van der Waals surface area contributed by atoms with Gasteiger partial charge in [-0.05, 0) is 31.4 Å². The van der Waals surface area contributed by atoms with Crippen LogP contribution < -0.4 is 5.73 Å². The Morgan fingerprint density at radius 3 is 2.69 bits per heavy atom. The third kappa shape index (κ3) is 3.95. The van der Waals surface area contributed by atoms with E-state index in [9.17, 15) is 0 Å². The molecule has 16 heavy (non-hydrogen) atoms. The summed E-state index contributed by atoms with van der Waals surface area (Å²) < 4.78 is 5.55. The fraction of sp³-hybridized carbons (Fsp3) is 0.571. The number of nitrogens with two attached hydrogens (primary N) is 1. The molecule has 1 rings (SSSR count). The molecule has 0 aromatic heterocycles. The van der Waals surface area contributed by atoms with Crippen LogP contribution in [0.3, 0.4) is 0 Å².